The average molecular weight is 1380 g/mol. The number of rotatable bonds is 20. The van der Waals surface area contributed by atoms with Crippen LogP contribution in [-0.4, -0.2) is 125 Å². The second kappa shape index (κ2) is 21.5. The summed E-state index contributed by atoms with van der Waals surface area (Å²) in [4.78, 5) is 0. The first kappa shape index (κ1) is 70.7. The molecule has 47 heteroatoms. The minimum atomic E-state index is -7.62. The van der Waals surface area contributed by atoms with Gasteiger partial charge in [-0.2, -0.15) is 158 Å². The van der Waals surface area contributed by atoms with E-state index in [-0.39, 0.29) is 64.6 Å². The molecule has 80 heavy (non-hydrogen) atoms. The molecular formula is C33H21F36N4PS6. The van der Waals surface area contributed by atoms with Gasteiger partial charge in [0.25, 0.3) is 0 Å². The van der Waals surface area contributed by atoms with Crippen molar-refractivity contribution in [2.45, 2.75) is 185 Å². The lowest BCUT2D eigenvalue weighted by Crippen LogP contribution is -2.61. The summed E-state index contributed by atoms with van der Waals surface area (Å²) in [5.74, 6) is -86.5. The Balaban J connectivity index is 1.96. The van der Waals surface area contributed by atoms with E-state index in [1.54, 1.807) is 0 Å². The van der Waals surface area contributed by atoms with Crippen molar-refractivity contribution < 1.29 is 158 Å². The van der Waals surface area contributed by atoms with Gasteiger partial charge in [-0.05, 0) is 30.9 Å². The molecule has 1 aliphatic carbocycles. The molecule has 0 bridgehead atoms. The maximum atomic E-state index is 14.9. The first-order valence-electron chi connectivity index (χ1n) is 20.0. The smallest absolute Gasteiger partial charge is 0.311 e. The SMILES string of the molecule is FC(F)(F)C(F)(F)C(F)(F)C(F)(F)CCn1c2c(n(CCC(F)(F)C(F)(F)C(F)(F)C(F)(F)F)c1=S)SC1CC1Sc1c(n(CCC(F)(F)C(F)(F)C(F)(F)C(F)(F)F)c(=S)n1CCC(F)(F)C(F)(F)C(F)(F)C(F)(F)F)SPS2. The predicted octanol–water partition coefficient (Wildman–Crippen LogP) is 18.5. The molecule has 466 valence electrons. The molecule has 2 aromatic heterocycles. The molecule has 3 heterocycles. The maximum absolute atomic E-state index is 14.9. The van der Waals surface area contributed by atoms with Gasteiger partial charge in [-0.15, -0.1) is 23.5 Å². The second-order valence-electron chi connectivity index (χ2n) is 16.6. The standard InChI is InChI=1S/C33H21F36N4PS6/c34-18(35,22(42,43)26(50,51)30(58,59)60)1-5-70-12-14(72(16(70)75)7-3-20(38,39)24(46,47)28(54,55)32(64,65)66)79-74-80-15-13(78-11-9-10(11)77-12)71(6-2-19(36,37)23(44,45)27(52,53)31(61,62)63)17(76)73(15)8-4-21(40,41)25(48,49)29(56,57)33(67,68)69/h10-11,74H,1-9H2. The molecular weight excluding hydrogens is 1360 g/mol. The highest BCUT2D eigenvalue weighted by Crippen LogP contribution is 2.63. The van der Waals surface area contributed by atoms with Crippen molar-refractivity contribution >= 4 is 77.7 Å². The van der Waals surface area contributed by atoms with E-state index in [1.165, 1.54) is 0 Å². The Morgan fingerprint density at radius 1 is 0.312 bits per heavy atom. The number of nitrogens with zero attached hydrogens (tertiary/aromatic N) is 4. The Hall–Kier alpha value is -1.83. The van der Waals surface area contributed by atoms with Crippen molar-refractivity contribution in [3.8, 4) is 0 Å². The van der Waals surface area contributed by atoms with Crippen LogP contribution < -0.4 is 0 Å². The fourth-order valence-electron chi connectivity index (χ4n) is 6.37. The third-order valence-electron chi connectivity index (χ3n) is 11.2. The summed E-state index contributed by atoms with van der Waals surface area (Å²) in [7, 11) is 0. The Labute approximate surface area is 447 Å². The van der Waals surface area contributed by atoms with Gasteiger partial charge in [0.15, 0.2) is 9.54 Å². The molecule has 0 saturated heterocycles. The predicted molar refractivity (Wildman–Crippen MR) is 212 cm³/mol. The van der Waals surface area contributed by atoms with Crippen LogP contribution in [-0.2, 0) is 26.2 Å². The number of hydrogen-bond acceptors (Lipinski definition) is 6. The van der Waals surface area contributed by atoms with Crippen LogP contribution in [0.5, 0.6) is 0 Å². The highest BCUT2D eigenvalue weighted by molar-refractivity contribution is 8.82. The molecule has 2 aromatic rings. The van der Waals surface area contributed by atoms with Crippen molar-refractivity contribution in [1.29, 1.82) is 0 Å². The van der Waals surface area contributed by atoms with Gasteiger partial charge >= 0.3 is 95.8 Å². The molecule has 1 fully saturated rings. The monoisotopic (exact) mass is 1380 g/mol. The molecule has 2 unspecified atom stereocenters. The highest BCUT2D eigenvalue weighted by Gasteiger charge is 2.84. The molecule has 4 rings (SSSR count). The van der Waals surface area contributed by atoms with Crippen LogP contribution >= 0.6 is 77.7 Å². The third kappa shape index (κ3) is 11.9. The normalized spacial score (nSPS) is 19.2. The van der Waals surface area contributed by atoms with E-state index in [9.17, 15) is 158 Å². The van der Waals surface area contributed by atoms with Crippen LogP contribution in [0.4, 0.5) is 158 Å². The Morgan fingerprint density at radius 2 is 0.500 bits per heavy atom. The molecule has 0 aromatic carbocycles. The van der Waals surface area contributed by atoms with E-state index in [4.69, 9.17) is 24.4 Å². The zero-order chi connectivity index (χ0) is 62.8. The van der Waals surface area contributed by atoms with Crippen molar-refractivity contribution in [2.75, 3.05) is 0 Å². The number of thioether (sulfide) groups is 2. The quantitative estimate of drug-likeness (QED) is 0.0742. The van der Waals surface area contributed by atoms with E-state index in [0.717, 1.165) is 0 Å². The molecule has 0 N–H and O–H groups in total. The van der Waals surface area contributed by atoms with Gasteiger partial charge in [-0.25, -0.2) is 0 Å². The summed E-state index contributed by atoms with van der Waals surface area (Å²) in [5, 5.41) is -7.27. The Bertz CT molecular complexity index is 2510. The zero-order valence-electron chi connectivity index (χ0n) is 36.9. The minimum absolute atomic E-state index is 0.0335. The first-order chi connectivity index (χ1) is 35.1. The molecule has 0 radical (unpaired) electrons. The zero-order valence-corrected chi connectivity index (χ0v) is 42.8. The number of aromatic nitrogens is 4. The molecule has 0 amide bonds. The number of halogens is 36. The van der Waals surface area contributed by atoms with E-state index >= 15 is 0 Å². The van der Waals surface area contributed by atoms with Gasteiger partial charge in [0.2, 0.25) is 0 Å². The Kier molecular flexibility index (Phi) is 19.0. The largest absolute Gasteiger partial charge is 0.460 e. The summed E-state index contributed by atoms with van der Waals surface area (Å²) in [6.45, 7) is -10.3. The topological polar surface area (TPSA) is 19.7 Å². The summed E-state index contributed by atoms with van der Waals surface area (Å²) >= 11 is 9.44. The van der Waals surface area contributed by atoms with Gasteiger partial charge in [-0.3, -0.25) is 0 Å². The minimum Gasteiger partial charge on any atom is -0.311 e. The first-order valence-corrected chi connectivity index (χ1v) is 26.7. The van der Waals surface area contributed by atoms with Crippen LogP contribution in [0.1, 0.15) is 32.1 Å². The van der Waals surface area contributed by atoms with Gasteiger partial charge in [0, 0.05) is 69.3 Å². The summed E-state index contributed by atoms with van der Waals surface area (Å²) in [6.07, 6.45) is -42.3. The molecule has 2 atom stereocenters. The van der Waals surface area contributed by atoms with E-state index in [0.29, 0.717) is 0 Å². The summed E-state index contributed by atoms with van der Waals surface area (Å²) in [5.41, 5.74) is 0. The van der Waals surface area contributed by atoms with Crippen LogP contribution in [0.2, 0.25) is 0 Å². The van der Waals surface area contributed by atoms with Crippen LogP contribution in [0.25, 0.3) is 0 Å². The van der Waals surface area contributed by atoms with Crippen LogP contribution in [0, 0.1) is 9.54 Å². The highest BCUT2D eigenvalue weighted by atomic mass is 33.1. The number of alkyl halides is 36. The lowest BCUT2D eigenvalue weighted by atomic mass is 10.0. The lowest BCUT2D eigenvalue weighted by molar-refractivity contribution is -0.397. The fraction of sp³-hybridized carbons (Fsp3) is 0.818. The third-order valence-corrected chi connectivity index (χ3v) is 20.0. The number of imidazole rings is 2. The fourth-order valence-corrected chi connectivity index (χ4v) is 16.1. The van der Waals surface area contributed by atoms with Crippen molar-refractivity contribution in [3.63, 3.8) is 0 Å². The second-order valence-corrected chi connectivity index (χ2v) is 24.4. The average Bonchev–Trinajstić information content (AvgIpc) is 3.88. The lowest BCUT2D eigenvalue weighted by Gasteiger charge is -2.33. The van der Waals surface area contributed by atoms with Crippen LogP contribution in [0.15, 0.2) is 20.1 Å². The summed E-state index contributed by atoms with van der Waals surface area (Å²) < 4.78 is 495. The molecule has 2 aliphatic rings. The van der Waals surface area contributed by atoms with Gasteiger partial charge in [-0.1, -0.05) is 22.8 Å². The summed E-state index contributed by atoms with van der Waals surface area (Å²) in [6, 6.07) is 0. The number of hydrogen-bond donors (Lipinski definition) is 0. The van der Waals surface area contributed by atoms with E-state index in [2.05, 4.69) is 0 Å². The molecule has 4 nitrogen and oxygen atoms in total. The van der Waals surface area contributed by atoms with Crippen LogP contribution in [0.3, 0.4) is 0 Å². The van der Waals surface area contributed by atoms with E-state index in [1.807, 2.05) is 0 Å². The molecule has 1 aliphatic heterocycles. The van der Waals surface area contributed by atoms with Crippen molar-refractivity contribution in [2.24, 2.45) is 0 Å². The maximum Gasteiger partial charge on any atom is 0.460 e. The van der Waals surface area contributed by atoms with Gasteiger partial charge in [0.05, 0.1) is 0 Å². The van der Waals surface area contributed by atoms with Crippen molar-refractivity contribution in [3.05, 3.63) is 9.54 Å². The van der Waals surface area contributed by atoms with Gasteiger partial charge in [0.1, 0.15) is 20.1 Å². The van der Waals surface area contributed by atoms with E-state index < -0.39 is 201 Å². The van der Waals surface area contributed by atoms with Gasteiger partial charge < -0.3 is 18.3 Å². The Morgan fingerprint density at radius 3 is 0.688 bits per heavy atom. The van der Waals surface area contributed by atoms with Crippen molar-refractivity contribution in [1.82, 2.24) is 18.3 Å². The number of fused-ring (bicyclic) bond motifs is 3. The molecule has 1 saturated carbocycles. The molecule has 0 spiro atoms.